The fraction of sp³-hybridized carbons (Fsp3) is 0.389. The molecule has 0 bridgehead atoms. The number of hydrogen-bond acceptors (Lipinski definition) is 4. The van der Waals surface area contributed by atoms with Gasteiger partial charge in [-0.05, 0) is 30.0 Å². The smallest absolute Gasteiger partial charge is 0.348 e. The molecule has 1 aromatic carbocycles. The van der Waals surface area contributed by atoms with Crippen molar-refractivity contribution in [3.8, 4) is 0 Å². The molecule has 1 N–H and O–H groups in total. The van der Waals surface area contributed by atoms with E-state index >= 15 is 0 Å². The Morgan fingerprint density at radius 1 is 1.26 bits per heavy atom. The highest BCUT2D eigenvalue weighted by atomic mass is 19.4. The lowest BCUT2D eigenvalue weighted by Crippen LogP contribution is -2.21. The minimum absolute atomic E-state index is 0.0479. The van der Waals surface area contributed by atoms with Crippen molar-refractivity contribution in [1.29, 1.82) is 0 Å². The topological polar surface area (TPSA) is 66.1 Å². The van der Waals surface area contributed by atoms with Crippen LogP contribution < -0.4 is 10.5 Å². The number of halogens is 4. The number of alkyl halides is 3. The highest BCUT2D eigenvalue weighted by Crippen LogP contribution is 2.34. The summed E-state index contributed by atoms with van der Waals surface area (Å²) in [5.41, 5.74) is -1.60. The molecule has 2 rings (SSSR count). The molecule has 0 amide bonds. The number of nitrogens with zero attached hydrogens (tertiary/aromatic N) is 2. The Bertz CT molecular complexity index is 891. The fourth-order valence-electron chi connectivity index (χ4n) is 2.64. The fourth-order valence-corrected chi connectivity index (χ4v) is 2.64. The van der Waals surface area contributed by atoms with Crippen molar-refractivity contribution in [3.05, 3.63) is 57.3 Å². The van der Waals surface area contributed by atoms with Crippen molar-refractivity contribution >= 4 is 11.7 Å². The van der Waals surface area contributed by atoms with Crippen LogP contribution in [-0.4, -0.2) is 29.8 Å². The summed E-state index contributed by atoms with van der Waals surface area (Å²) >= 11 is 0. The number of rotatable bonds is 6. The second-order valence-corrected chi connectivity index (χ2v) is 6.32. The average Bonchev–Trinajstić information content (AvgIpc) is 2.57. The maximum Gasteiger partial charge on any atom is 0.419 e. The number of H-pyrrole nitrogens is 1. The monoisotopic (exact) mass is 385 g/mol. The van der Waals surface area contributed by atoms with Gasteiger partial charge in [0.25, 0.3) is 5.56 Å². The van der Waals surface area contributed by atoms with E-state index in [9.17, 15) is 27.2 Å². The Labute approximate surface area is 153 Å². The highest BCUT2D eigenvalue weighted by Gasteiger charge is 2.34. The highest BCUT2D eigenvalue weighted by molar-refractivity contribution is 5.94. The molecule has 0 saturated carbocycles. The third kappa shape index (κ3) is 4.93. The maximum atomic E-state index is 13.8. The van der Waals surface area contributed by atoms with Gasteiger partial charge in [-0.3, -0.25) is 14.6 Å². The molecule has 0 aliphatic heterocycles. The largest absolute Gasteiger partial charge is 0.419 e. The summed E-state index contributed by atoms with van der Waals surface area (Å²) in [5.74, 6) is -2.12. The van der Waals surface area contributed by atoms with E-state index in [1.54, 1.807) is 21.0 Å². The number of benzene rings is 1. The van der Waals surface area contributed by atoms with Gasteiger partial charge in [0, 0.05) is 26.6 Å². The summed E-state index contributed by atoms with van der Waals surface area (Å²) in [6.07, 6.45) is -4.48. The summed E-state index contributed by atoms with van der Waals surface area (Å²) in [7, 11) is 3.29. The van der Waals surface area contributed by atoms with Crippen molar-refractivity contribution in [2.45, 2.75) is 31.9 Å². The van der Waals surface area contributed by atoms with Crippen LogP contribution in [-0.2, 0) is 6.18 Å². The Balaban J connectivity index is 2.28. The molecule has 0 aliphatic rings. The molecule has 0 fully saturated rings. The van der Waals surface area contributed by atoms with E-state index in [1.807, 2.05) is 0 Å². The average molecular weight is 385 g/mol. The molecule has 0 aliphatic carbocycles. The second-order valence-electron chi connectivity index (χ2n) is 6.32. The lowest BCUT2D eigenvalue weighted by molar-refractivity contribution is -0.140. The third-order valence-electron chi connectivity index (χ3n) is 4.13. The normalized spacial score (nSPS) is 12.7. The first-order valence-electron chi connectivity index (χ1n) is 8.21. The van der Waals surface area contributed by atoms with Crippen molar-refractivity contribution in [2.75, 3.05) is 19.0 Å². The Morgan fingerprint density at radius 2 is 1.93 bits per heavy atom. The Morgan fingerprint density at radius 3 is 2.44 bits per heavy atom. The van der Waals surface area contributed by atoms with Gasteiger partial charge >= 0.3 is 6.18 Å². The zero-order valence-electron chi connectivity index (χ0n) is 15.0. The van der Waals surface area contributed by atoms with Gasteiger partial charge in [-0.2, -0.15) is 13.2 Å². The van der Waals surface area contributed by atoms with Gasteiger partial charge in [0.2, 0.25) is 5.95 Å². The number of hydrogen-bond donors (Lipinski definition) is 1. The van der Waals surface area contributed by atoms with Gasteiger partial charge < -0.3 is 4.90 Å². The molecule has 9 heteroatoms. The van der Waals surface area contributed by atoms with Crippen LogP contribution in [0.25, 0.3) is 0 Å². The van der Waals surface area contributed by atoms with Crippen LogP contribution in [0.3, 0.4) is 0 Å². The van der Waals surface area contributed by atoms with Crippen LogP contribution in [0.1, 0.15) is 47.3 Å². The van der Waals surface area contributed by atoms with E-state index in [0.29, 0.717) is 12.5 Å². The summed E-state index contributed by atoms with van der Waals surface area (Å²) in [5, 5.41) is 0. The van der Waals surface area contributed by atoms with Crippen LogP contribution >= 0.6 is 0 Å². The molecule has 0 unspecified atom stereocenters. The number of anilines is 1. The summed E-state index contributed by atoms with van der Waals surface area (Å²) in [6, 6.07) is 3.72. The minimum Gasteiger partial charge on any atom is -0.348 e. The molecule has 0 saturated heterocycles. The summed E-state index contributed by atoms with van der Waals surface area (Å²) in [6.45, 7) is 1.74. The van der Waals surface area contributed by atoms with Crippen LogP contribution in [0.15, 0.2) is 29.1 Å². The van der Waals surface area contributed by atoms with Gasteiger partial charge in [-0.1, -0.05) is 13.0 Å². The predicted octanol–water partition coefficient (Wildman–Crippen LogP) is 3.76. The number of Topliss-reactive ketones (excluding diaryl/α,β-unsaturated/α-hetero) is 1. The molecule has 2 aromatic rings. The summed E-state index contributed by atoms with van der Waals surface area (Å²) in [4.78, 5) is 32.3. The number of ketones is 1. The zero-order chi connectivity index (χ0) is 20.4. The van der Waals surface area contributed by atoms with Crippen molar-refractivity contribution in [1.82, 2.24) is 9.97 Å². The van der Waals surface area contributed by atoms with Gasteiger partial charge in [0.15, 0.2) is 5.78 Å². The van der Waals surface area contributed by atoms with Crippen LogP contribution in [0.4, 0.5) is 23.5 Å². The first kappa shape index (κ1) is 20.6. The molecule has 5 nitrogen and oxygen atoms in total. The molecule has 1 heterocycles. The van der Waals surface area contributed by atoms with Gasteiger partial charge in [-0.15, -0.1) is 0 Å². The lowest BCUT2D eigenvalue weighted by atomic mass is 9.90. The Kier molecular flexibility index (Phi) is 6.02. The minimum atomic E-state index is -4.78. The van der Waals surface area contributed by atoms with Crippen molar-refractivity contribution in [2.24, 2.45) is 0 Å². The van der Waals surface area contributed by atoms with Crippen LogP contribution in [0.2, 0.25) is 0 Å². The van der Waals surface area contributed by atoms with E-state index < -0.39 is 34.8 Å². The number of aromatic nitrogens is 2. The first-order chi connectivity index (χ1) is 12.5. The molecule has 0 spiro atoms. The number of carbonyl (C=O) groups is 1. The van der Waals surface area contributed by atoms with E-state index in [4.69, 9.17) is 0 Å². The lowest BCUT2D eigenvalue weighted by Gasteiger charge is -2.17. The SMILES string of the molecule is CC[C@@H](CC(=O)c1cc(=O)[nH]c(N(C)C)n1)c1ccc(C(F)(F)F)c(F)c1. The van der Waals surface area contributed by atoms with Crippen molar-refractivity contribution in [3.63, 3.8) is 0 Å². The maximum absolute atomic E-state index is 13.8. The van der Waals surface area contributed by atoms with Crippen LogP contribution in [0.5, 0.6) is 0 Å². The van der Waals surface area contributed by atoms with E-state index in [0.717, 1.165) is 12.1 Å². The molecule has 1 atom stereocenters. The van der Waals surface area contributed by atoms with Gasteiger partial charge in [0.1, 0.15) is 11.5 Å². The second kappa shape index (κ2) is 7.89. The van der Waals surface area contributed by atoms with E-state index in [1.165, 1.54) is 11.0 Å². The summed E-state index contributed by atoms with van der Waals surface area (Å²) < 4.78 is 51.9. The molecular formula is C18H19F4N3O2. The number of nitrogens with one attached hydrogen (secondary N) is 1. The Hall–Kier alpha value is -2.71. The van der Waals surface area contributed by atoms with Crippen LogP contribution in [0, 0.1) is 5.82 Å². The molecule has 146 valence electrons. The first-order valence-corrected chi connectivity index (χ1v) is 8.21. The van der Waals surface area contributed by atoms with Gasteiger partial charge in [0.05, 0.1) is 5.56 Å². The third-order valence-corrected chi connectivity index (χ3v) is 4.13. The standard InChI is InChI=1S/C18H19F4N3O2/c1-4-10(11-5-6-12(13(19)7-11)18(20,21)22)8-15(26)14-9-16(27)24-17(23-14)25(2)3/h5-7,9-10H,4,8H2,1-3H3,(H,23,24,27)/t10-/m0/s1. The number of aromatic amines is 1. The quantitative estimate of drug-likeness (QED) is 0.607. The van der Waals surface area contributed by atoms with E-state index in [-0.39, 0.29) is 23.6 Å². The predicted molar refractivity (Wildman–Crippen MR) is 92.6 cm³/mol. The molecule has 27 heavy (non-hydrogen) atoms. The molecule has 1 aromatic heterocycles. The zero-order valence-corrected chi connectivity index (χ0v) is 15.0. The van der Waals surface area contributed by atoms with Crippen molar-refractivity contribution < 1.29 is 22.4 Å². The molecular weight excluding hydrogens is 366 g/mol. The van der Waals surface area contributed by atoms with E-state index in [2.05, 4.69) is 9.97 Å². The van der Waals surface area contributed by atoms with Gasteiger partial charge in [-0.25, -0.2) is 9.37 Å². The molecule has 0 radical (unpaired) electrons. The number of carbonyl (C=O) groups excluding carboxylic acids is 1.